The van der Waals surface area contributed by atoms with Crippen molar-refractivity contribution in [1.82, 2.24) is 4.90 Å². The third-order valence-electron chi connectivity index (χ3n) is 2.59. The Morgan fingerprint density at radius 1 is 1.31 bits per heavy atom. The van der Waals surface area contributed by atoms with Crippen LogP contribution in [-0.4, -0.2) is 23.4 Å². The minimum Gasteiger partial charge on any atom is -0.335 e. The van der Waals surface area contributed by atoms with E-state index in [0.717, 1.165) is 5.56 Å². The van der Waals surface area contributed by atoms with Crippen LogP contribution in [0.3, 0.4) is 0 Å². The van der Waals surface area contributed by atoms with Crippen LogP contribution >= 0.6 is 0 Å². The number of hydrogen-bond donors (Lipinski definition) is 1. The molecule has 0 aliphatic carbocycles. The van der Waals surface area contributed by atoms with Crippen molar-refractivity contribution in [1.29, 1.82) is 0 Å². The molecule has 0 saturated carbocycles. The molecule has 16 heavy (non-hydrogen) atoms. The van der Waals surface area contributed by atoms with Gasteiger partial charge in [0.1, 0.15) is 0 Å². The first kappa shape index (κ1) is 12.7. The molecule has 0 atom stereocenters. The topological polar surface area (TPSA) is 46.3 Å². The van der Waals surface area contributed by atoms with Gasteiger partial charge in [-0.3, -0.25) is 4.79 Å². The van der Waals surface area contributed by atoms with E-state index < -0.39 is 0 Å². The van der Waals surface area contributed by atoms with E-state index in [4.69, 9.17) is 5.73 Å². The average Bonchev–Trinajstić information content (AvgIpc) is 2.27. The molecule has 0 aromatic heterocycles. The largest absolute Gasteiger partial charge is 0.335 e. The summed E-state index contributed by atoms with van der Waals surface area (Å²) in [5.74, 6) is -0.00410. The standard InChI is InChI=1S/C13H20N2O/c1-10(2)15(13(16)8-14)9-12-6-4-11(3)5-7-12/h4-7,10H,8-9,14H2,1-3H3. The molecule has 0 bridgehead atoms. The van der Waals surface area contributed by atoms with Crippen LogP contribution in [0.15, 0.2) is 24.3 Å². The molecule has 0 aliphatic heterocycles. The molecule has 2 N–H and O–H groups in total. The lowest BCUT2D eigenvalue weighted by Crippen LogP contribution is -2.40. The lowest BCUT2D eigenvalue weighted by molar-refractivity contribution is -0.132. The third-order valence-corrected chi connectivity index (χ3v) is 2.59. The fourth-order valence-corrected chi connectivity index (χ4v) is 1.57. The van der Waals surface area contributed by atoms with Crippen molar-refractivity contribution in [2.45, 2.75) is 33.4 Å². The fourth-order valence-electron chi connectivity index (χ4n) is 1.57. The molecule has 3 heteroatoms. The summed E-state index contributed by atoms with van der Waals surface area (Å²) >= 11 is 0. The van der Waals surface area contributed by atoms with Crippen LogP contribution in [0.4, 0.5) is 0 Å². The Hall–Kier alpha value is -1.35. The second kappa shape index (κ2) is 5.66. The Kier molecular flexibility index (Phi) is 4.50. The zero-order chi connectivity index (χ0) is 12.1. The van der Waals surface area contributed by atoms with Gasteiger partial charge in [-0.05, 0) is 26.3 Å². The summed E-state index contributed by atoms with van der Waals surface area (Å²) in [5, 5.41) is 0. The van der Waals surface area contributed by atoms with Crippen LogP contribution in [0, 0.1) is 6.92 Å². The SMILES string of the molecule is Cc1ccc(CN(C(=O)CN)C(C)C)cc1. The van der Waals surface area contributed by atoms with E-state index in [0.29, 0.717) is 6.54 Å². The van der Waals surface area contributed by atoms with Crippen LogP contribution in [0.2, 0.25) is 0 Å². The summed E-state index contributed by atoms with van der Waals surface area (Å²) in [6, 6.07) is 8.39. The number of benzene rings is 1. The Morgan fingerprint density at radius 3 is 2.31 bits per heavy atom. The van der Waals surface area contributed by atoms with E-state index in [2.05, 4.69) is 31.2 Å². The number of nitrogens with two attached hydrogens (primary N) is 1. The summed E-state index contributed by atoms with van der Waals surface area (Å²) in [4.78, 5) is 13.4. The van der Waals surface area contributed by atoms with Gasteiger partial charge < -0.3 is 10.6 Å². The highest BCUT2D eigenvalue weighted by atomic mass is 16.2. The van der Waals surface area contributed by atoms with Crippen LogP contribution < -0.4 is 5.73 Å². The molecule has 3 nitrogen and oxygen atoms in total. The van der Waals surface area contributed by atoms with Gasteiger partial charge in [-0.15, -0.1) is 0 Å². The van der Waals surface area contributed by atoms with Crippen LogP contribution in [-0.2, 0) is 11.3 Å². The van der Waals surface area contributed by atoms with Crippen LogP contribution in [0.1, 0.15) is 25.0 Å². The van der Waals surface area contributed by atoms with Crippen molar-refractivity contribution in [3.8, 4) is 0 Å². The summed E-state index contributed by atoms with van der Waals surface area (Å²) in [6.45, 7) is 6.76. The van der Waals surface area contributed by atoms with Gasteiger partial charge >= 0.3 is 0 Å². The molecule has 0 unspecified atom stereocenters. The number of aryl methyl sites for hydroxylation is 1. The second-order valence-corrected chi connectivity index (χ2v) is 4.31. The number of rotatable bonds is 4. The van der Waals surface area contributed by atoms with Gasteiger partial charge in [0.15, 0.2) is 0 Å². The Bertz CT molecular complexity index is 343. The Balaban J connectivity index is 2.75. The second-order valence-electron chi connectivity index (χ2n) is 4.31. The number of hydrogen-bond acceptors (Lipinski definition) is 2. The van der Waals surface area contributed by atoms with Crippen LogP contribution in [0.25, 0.3) is 0 Å². The van der Waals surface area contributed by atoms with Gasteiger partial charge in [-0.2, -0.15) is 0 Å². The normalized spacial score (nSPS) is 10.6. The van der Waals surface area contributed by atoms with Crippen molar-refractivity contribution in [3.63, 3.8) is 0 Å². The molecule has 1 aromatic rings. The average molecular weight is 220 g/mol. The van der Waals surface area contributed by atoms with Crippen molar-refractivity contribution in [2.24, 2.45) is 5.73 Å². The van der Waals surface area contributed by atoms with Crippen molar-refractivity contribution < 1.29 is 4.79 Å². The van der Waals surface area contributed by atoms with Gasteiger partial charge in [0.2, 0.25) is 5.91 Å². The van der Waals surface area contributed by atoms with E-state index in [-0.39, 0.29) is 18.5 Å². The predicted octanol–water partition coefficient (Wildman–Crippen LogP) is 1.69. The summed E-state index contributed by atoms with van der Waals surface area (Å²) in [6.07, 6.45) is 0. The predicted molar refractivity (Wildman–Crippen MR) is 65.9 cm³/mol. The van der Waals surface area contributed by atoms with Crippen molar-refractivity contribution in [3.05, 3.63) is 35.4 Å². The molecule has 0 spiro atoms. The summed E-state index contributed by atoms with van der Waals surface area (Å²) in [5.41, 5.74) is 7.76. The molecule has 88 valence electrons. The number of amides is 1. The number of carbonyl (C=O) groups excluding carboxylic acids is 1. The van der Waals surface area contributed by atoms with E-state index in [1.165, 1.54) is 5.56 Å². The zero-order valence-electron chi connectivity index (χ0n) is 10.2. The molecule has 0 saturated heterocycles. The molecule has 1 amide bonds. The van der Waals surface area contributed by atoms with E-state index in [1.807, 2.05) is 13.8 Å². The first-order valence-electron chi connectivity index (χ1n) is 5.59. The maximum Gasteiger partial charge on any atom is 0.236 e. The fraction of sp³-hybridized carbons (Fsp3) is 0.462. The zero-order valence-corrected chi connectivity index (χ0v) is 10.2. The minimum atomic E-state index is -0.00410. The Labute approximate surface area is 97.2 Å². The first-order chi connectivity index (χ1) is 7.54. The highest BCUT2D eigenvalue weighted by Crippen LogP contribution is 2.09. The molecule has 0 heterocycles. The van der Waals surface area contributed by atoms with Gasteiger partial charge in [0.05, 0.1) is 6.54 Å². The first-order valence-corrected chi connectivity index (χ1v) is 5.59. The molecular formula is C13H20N2O. The summed E-state index contributed by atoms with van der Waals surface area (Å²) < 4.78 is 0. The molecule has 1 aromatic carbocycles. The van der Waals surface area contributed by atoms with Gasteiger partial charge in [0, 0.05) is 12.6 Å². The van der Waals surface area contributed by atoms with E-state index in [9.17, 15) is 4.79 Å². The third kappa shape index (κ3) is 3.35. The number of carbonyl (C=O) groups is 1. The Morgan fingerprint density at radius 2 is 1.88 bits per heavy atom. The molecule has 1 rings (SSSR count). The molecule has 0 radical (unpaired) electrons. The summed E-state index contributed by atoms with van der Waals surface area (Å²) in [7, 11) is 0. The lowest BCUT2D eigenvalue weighted by Gasteiger charge is -2.26. The minimum absolute atomic E-state index is 0.00410. The van der Waals surface area contributed by atoms with E-state index in [1.54, 1.807) is 4.90 Å². The maximum atomic E-state index is 11.6. The van der Waals surface area contributed by atoms with E-state index >= 15 is 0 Å². The molecule has 0 aliphatic rings. The quantitative estimate of drug-likeness (QED) is 0.839. The van der Waals surface area contributed by atoms with Gasteiger partial charge in [0.25, 0.3) is 0 Å². The van der Waals surface area contributed by atoms with Gasteiger partial charge in [-0.25, -0.2) is 0 Å². The molecular weight excluding hydrogens is 200 g/mol. The van der Waals surface area contributed by atoms with Crippen LogP contribution in [0.5, 0.6) is 0 Å². The monoisotopic (exact) mass is 220 g/mol. The number of nitrogens with zero attached hydrogens (tertiary/aromatic N) is 1. The van der Waals surface area contributed by atoms with Gasteiger partial charge in [-0.1, -0.05) is 29.8 Å². The molecule has 0 fully saturated rings. The highest BCUT2D eigenvalue weighted by Gasteiger charge is 2.15. The van der Waals surface area contributed by atoms with Crippen molar-refractivity contribution in [2.75, 3.05) is 6.54 Å². The highest BCUT2D eigenvalue weighted by molar-refractivity contribution is 5.78. The van der Waals surface area contributed by atoms with Crippen molar-refractivity contribution >= 4 is 5.91 Å². The lowest BCUT2D eigenvalue weighted by atomic mass is 10.1. The maximum absolute atomic E-state index is 11.6. The smallest absolute Gasteiger partial charge is 0.236 e.